The molecule has 0 aliphatic heterocycles. The molecule has 0 aliphatic carbocycles. The Morgan fingerprint density at radius 3 is 1.89 bits per heavy atom. The fraction of sp³-hybridized carbons (Fsp3) is 0.375. The van der Waals surface area contributed by atoms with Crippen LogP contribution in [0, 0.1) is 11.6 Å². The molecule has 0 heterocycles. The van der Waals surface area contributed by atoms with Crippen molar-refractivity contribution in [2.75, 3.05) is 18.0 Å². The Labute approximate surface area is 114 Å². The van der Waals surface area contributed by atoms with E-state index in [0.29, 0.717) is 18.8 Å². The molecule has 1 aromatic carbocycles. The average Bonchev–Trinajstić information content (AvgIpc) is 2.32. The van der Waals surface area contributed by atoms with E-state index in [9.17, 15) is 8.78 Å². The molecular weight excluding hydrogens is 244 g/mol. The average molecular weight is 265 g/mol. The van der Waals surface area contributed by atoms with Gasteiger partial charge in [-0.2, -0.15) is 0 Å². The largest absolute Gasteiger partial charge is 0.364 e. The molecule has 0 aliphatic rings. The van der Waals surface area contributed by atoms with Gasteiger partial charge in [0.05, 0.1) is 0 Å². The number of nitrogens with zero attached hydrogens (tertiary/aromatic N) is 1. The number of anilines is 1. The molecule has 1 aromatic rings. The van der Waals surface area contributed by atoms with Crippen LogP contribution in [-0.4, -0.2) is 13.1 Å². The van der Waals surface area contributed by atoms with Crippen molar-refractivity contribution in [3.63, 3.8) is 0 Å². The normalized spacial score (nSPS) is 10.0. The monoisotopic (exact) mass is 265 g/mol. The highest BCUT2D eigenvalue weighted by atomic mass is 19.2. The summed E-state index contributed by atoms with van der Waals surface area (Å²) >= 11 is 0. The van der Waals surface area contributed by atoms with Crippen molar-refractivity contribution in [3.05, 3.63) is 53.1 Å². The van der Waals surface area contributed by atoms with Gasteiger partial charge in [0, 0.05) is 24.8 Å². The van der Waals surface area contributed by atoms with Crippen LogP contribution in [0.25, 0.3) is 0 Å². The topological polar surface area (TPSA) is 3.24 Å². The Kier molecular flexibility index (Phi) is 5.74. The summed E-state index contributed by atoms with van der Waals surface area (Å²) in [5.41, 5.74) is 3.09. The van der Waals surface area contributed by atoms with Crippen molar-refractivity contribution >= 4 is 5.69 Å². The highest BCUT2D eigenvalue weighted by molar-refractivity contribution is 5.48. The zero-order valence-corrected chi connectivity index (χ0v) is 12.0. The van der Waals surface area contributed by atoms with Crippen molar-refractivity contribution in [2.24, 2.45) is 0 Å². The molecule has 0 fully saturated rings. The third kappa shape index (κ3) is 5.25. The van der Waals surface area contributed by atoms with Gasteiger partial charge < -0.3 is 4.90 Å². The number of rotatable bonds is 5. The molecular formula is C16H21F2N. The lowest BCUT2D eigenvalue weighted by Gasteiger charge is -2.22. The van der Waals surface area contributed by atoms with Crippen LogP contribution in [0.15, 0.2) is 41.5 Å². The van der Waals surface area contributed by atoms with Gasteiger partial charge >= 0.3 is 0 Å². The Balaban J connectivity index is 2.96. The van der Waals surface area contributed by atoms with Gasteiger partial charge in [-0.1, -0.05) is 23.3 Å². The van der Waals surface area contributed by atoms with Crippen molar-refractivity contribution in [1.82, 2.24) is 0 Å². The van der Waals surface area contributed by atoms with Crippen molar-refractivity contribution < 1.29 is 8.78 Å². The second-order valence-corrected chi connectivity index (χ2v) is 5.07. The first kappa shape index (κ1) is 15.4. The van der Waals surface area contributed by atoms with E-state index in [4.69, 9.17) is 0 Å². The van der Waals surface area contributed by atoms with E-state index in [1.807, 2.05) is 32.6 Å². The predicted octanol–water partition coefficient (Wildman–Crippen LogP) is 4.70. The van der Waals surface area contributed by atoms with Crippen LogP contribution in [0.2, 0.25) is 0 Å². The first-order valence-corrected chi connectivity index (χ1v) is 6.37. The van der Waals surface area contributed by atoms with Gasteiger partial charge in [0.15, 0.2) is 11.6 Å². The van der Waals surface area contributed by atoms with Crippen LogP contribution in [-0.2, 0) is 0 Å². The van der Waals surface area contributed by atoms with Crippen molar-refractivity contribution in [3.8, 4) is 0 Å². The minimum Gasteiger partial charge on any atom is -0.364 e. The van der Waals surface area contributed by atoms with Gasteiger partial charge in [-0.3, -0.25) is 0 Å². The maximum absolute atomic E-state index is 13.3. The molecule has 0 bridgehead atoms. The molecule has 0 saturated carbocycles. The summed E-state index contributed by atoms with van der Waals surface area (Å²) in [6, 6.07) is 4.02. The molecule has 0 atom stereocenters. The summed E-state index contributed by atoms with van der Waals surface area (Å²) in [6.07, 6.45) is 4.14. The van der Waals surface area contributed by atoms with Crippen LogP contribution in [0.5, 0.6) is 0 Å². The Morgan fingerprint density at radius 1 is 0.947 bits per heavy atom. The molecule has 0 radical (unpaired) electrons. The SMILES string of the molecule is CC(C)=CCN(CC=C(C)C)c1ccc(F)c(F)c1. The molecule has 0 aromatic heterocycles. The molecule has 1 nitrogen and oxygen atoms in total. The molecule has 1 rings (SSSR count). The summed E-state index contributed by atoms with van der Waals surface area (Å²) in [5, 5.41) is 0. The third-order valence-corrected chi connectivity index (χ3v) is 2.71. The van der Waals surface area contributed by atoms with Crippen molar-refractivity contribution in [2.45, 2.75) is 27.7 Å². The van der Waals surface area contributed by atoms with E-state index in [0.717, 1.165) is 0 Å². The first-order chi connectivity index (χ1) is 8.90. The fourth-order valence-electron chi connectivity index (χ4n) is 1.55. The lowest BCUT2D eigenvalue weighted by molar-refractivity contribution is 0.508. The molecule has 104 valence electrons. The minimum atomic E-state index is -0.812. The van der Waals surface area contributed by atoms with Gasteiger partial charge in [-0.05, 0) is 39.8 Å². The number of hydrogen-bond acceptors (Lipinski definition) is 1. The standard InChI is InChI=1S/C16H21F2N/c1-12(2)7-9-19(10-8-13(3)4)14-5-6-15(17)16(18)11-14/h5-8,11H,9-10H2,1-4H3. The van der Waals surface area contributed by atoms with E-state index in [-0.39, 0.29) is 0 Å². The number of halogens is 2. The zero-order chi connectivity index (χ0) is 14.4. The van der Waals surface area contributed by atoms with Gasteiger partial charge in [-0.15, -0.1) is 0 Å². The second-order valence-electron chi connectivity index (χ2n) is 5.07. The van der Waals surface area contributed by atoms with Crippen LogP contribution in [0.4, 0.5) is 14.5 Å². The highest BCUT2D eigenvalue weighted by Gasteiger charge is 2.08. The van der Waals surface area contributed by atoms with Crippen LogP contribution >= 0.6 is 0 Å². The fourth-order valence-corrected chi connectivity index (χ4v) is 1.55. The Hall–Kier alpha value is -1.64. The van der Waals surface area contributed by atoms with E-state index in [2.05, 4.69) is 12.2 Å². The quantitative estimate of drug-likeness (QED) is 0.697. The Bertz CT molecular complexity index is 462. The summed E-state index contributed by atoms with van der Waals surface area (Å²) in [4.78, 5) is 2.00. The molecule has 0 saturated heterocycles. The highest BCUT2D eigenvalue weighted by Crippen LogP contribution is 2.18. The maximum atomic E-state index is 13.3. The molecule has 3 heteroatoms. The molecule has 0 unspecified atom stereocenters. The molecule has 0 N–H and O–H groups in total. The van der Waals surface area contributed by atoms with Gasteiger partial charge in [0.25, 0.3) is 0 Å². The van der Waals surface area contributed by atoms with Crippen LogP contribution in [0.1, 0.15) is 27.7 Å². The van der Waals surface area contributed by atoms with E-state index in [1.165, 1.54) is 23.3 Å². The lowest BCUT2D eigenvalue weighted by atomic mass is 10.2. The van der Waals surface area contributed by atoms with Crippen molar-refractivity contribution in [1.29, 1.82) is 0 Å². The van der Waals surface area contributed by atoms with Gasteiger partial charge in [0.2, 0.25) is 0 Å². The minimum absolute atomic E-state index is 0.678. The third-order valence-electron chi connectivity index (χ3n) is 2.71. The predicted molar refractivity (Wildman–Crippen MR) is 77.4 cm³/mol. The van der Waals surface area contributed by atoms with Gasteiger partial charge in [-0.25, -0.2) is 8.78 Å². The number of benzene rings is 1. The second kappa shape index (κ2) is 7.07. The van der Waals surface area contributed by atoms with E-state index < -0.39 is 11.6 Å². The molecule has 19 heavy (non-hydrogen) atoms. The Morgan fingerprint density at radius 2 is 1.47 bits per heavy atom. The molecule has 0 amide bonds. The number of allylic oxidation sites excluding steroid dienone is 2. The van der Waals surface area contributed by atoms with Crippen LogP contribution < -0.4 is 4.90 Å². The van der Waals surface area contributed by atoms with E-state index >= 15 is 0 Å². The maximum Gasteiger partial charge on any atom is 0.160 e. The smallest absolute Gasteiger partial charge is 0.160 e. The summed E-state index contributed by atoms with van der Waals surface area (Å²) < 4.78 is 26.3. The summed E-state index contributed by atoms with van der Waals surface area (Å²) in [6.45, 7) is 9.43. The zero-order valence-electron chi connectivity index (χ0n) is 12.0. The summed E-state index contributed by atoms with van der Waals surface area (Å²) in [5.74, 6) is -1.62. The van der Waals surface area contributed by atoms with E-state index in [1.54, 1.807) is 6.07 Å². The number of hydrogen-bond donors (Lipinski definition) is 0. The van der Waals surface area contributed by atoms with Gasteiger partial charge in [0.1, 0.15) is 0 Å². The lowest BCUT2D eigenvalue weighted by Crippen LogP contribution is -2.24. The molecule has 0 spiro atoms. The summed E-state index contributed by atoms with van der Waals surface area (Å²) in [7, 11) is 0. The first-order valence-electron chi connectivity index (χ1n) is 6.37. The van der Waals surface area contributed by atoms with Crippen LogP contribution in [0.3, 0.4) is 0 Å².